The van der Waals surface area contributed by atoms with Gasteiger partial charge in [-0.05, 0) is 91.3 Å². The zero-order valence-corrected chi connectivity index (χ0v) is 34.5. The van der Waals surface area contributed by atoms with Crippen LogP contribution < -0.4 is 14.4 Å². The highest BCUT2D eigenvalue weighted by molar-refractivity contribution is 7.87. The van der Waals surface area contributed by atoms with Crippen LogP contribution in [0.3, 0.4) is 0 Å². The first-order valence-electron chi connectivity index (χ1n) is 19.8. The number of nitrogens with zero attached hydrogens (tertiary/aromatic N) is 4. The van der Waals surface area contributed by atoms with Gasteiger partial charge < -0.3 is 29.1 Å². The number of nitrogens with one attached hydrogen (secondary N) is 1. The summed E-state index contributed by atoms with van der Waals surface area (Å²) in [7, 11) is 1.63. The van der Waals surface area contributed by atoms with Crippen molar-refractivity contribution in [2.45, 2.75) is 68.2 Å². The Hall–Kier alpha value is -3.24. The van der Waals surface area contributed by atoms with Gasteiger partial charge in [0.15, 0.2) is 5.60 Å². The van der Waals surface area contributed by atoms with E-state index in [-0.39, 0.29) is 35.0 Å². The van der Waals surface area contributed by atoms with Crippen molar-refractivity contribution in [3.05, 3.63) is 70.3 Å². The Labute approximate surface area is 336 Å². The molecule has 0 aromatic heterocycles. The summed E-state index contributed by atoms with van der Waals surface area (Å²) in [6.07, 6.45) is 9.06. The van der Waals surface area contributed by atoms with Crippen LogP contribution in [0.1, 0.15) is 55.2 Å². The van der Waals surface area contributed by atoms with E-state index in [1.807, 2.05) is 10.8 Å². The largest absolute Gasteiger partial charge is 0.490 e. The summed E-state index contributed by atoms with van der Waals surface area (Å²) < 4.78 is 47.5. The highest BCUT2D eigenvalue weighted by atomic mass is 35.5. The number of ether oxygens (including phenoxy) is 3. The number of aryl methyl sites for hydroxylation is 1. The molecule has 1 saturated carbocycles. The van der Waals surface area contributed by atoms with Crippen LogP contribution in [-0.4, -0.2) is 132 Å². The summed E-state index contributed by atoms with van der Waals surface area (Å²) in [5.74, 6) is -0.603. The Bertz CT molecular complexity index is 1920. The normalized spacial score (nSPS) is 29.4. The Kier molecular flexibility index (Phi) is 12.1. The molecule has 15 heteroatoms. The molecule has 3 aliphatic heterocycles. The molecule has 5 aliphatic rings. The number of carbonyl (C=O) groups excluding carboxylic acids is 2. The Morgan fingerprint density at radius 1 is 1.14 bits per heavy atom. The molecule has 5 atom stereocenters. The number of rotatable bonds is 8. The maximum Gasteiger partial charge on any atom is 0.303 e. The van der Waals surface area contributed by atoms with Gasteiger partial charge in [-0.1, -0.05) is 35.9 Å². The summed E-state index contributed by atoms with van der Waals surface area (Å²) in [6, 6.07) is 11.1. The molecule has 3 heterocycles. The second-order valence-corrected chi connectivity index (χ2v) is 18.8. The average Bonchev–Trinajstić information content (AvgIpc) is 3.28. The summed E-state index contributed by atoms with van der Waals surface area (Å²) in [6.45, 7) is 5.28. The minimum atomic E-state index is -4.30. The van der Waals surface area contributed by atoms with Crippen LogP contribution in [0, 0.1) is 11.8 Å². The quantitative estimate of drug-likeness (QED) is 0.381. The van der Waals surface area contributed by atoms with Crippen LogP contribution in [0.5, 0.6) is 5.75 Å². The minimum absolute atomic E-state index is 0.102. The van der Waals surface area contributed by atoms with Crippen molar-refractivity contribution >= 4 is 39.3 Å². The highest BCUT2D eigenvalue weighted by Crippen LogP contribution is 2.48. The van der Waals surface area contributed by atoms with Crippen molar-refractivity contribution in [3.63, 3.8) is 0 Å². The smallest absolute Gasteiger partial charge is 0.303 e. The van der Waals surface area contributed by atoms with Gasteiger partial charge >= 0.3 is 10.2 Å². The molecule has 2 aromatic rings. The maximum atomic E-state index is 14.0. The van der Waals surface area contributed by atoms with Crippen molar-refractivity contribution in [3.8, 4) is 5.75 Å². The zero-order chi connectivity index (χ0) is 39.8. The Morgan fingerprint density at radius 2 is 1.95 bits per heavy atom. The fourth-order valence-electron chi connectivity index (χ4n) is 8.99. The lowest BCUT2D eigenvalue weighted by molar-refractivity contribution is -0.148. The number of aliphatic hydroxyl groups is 1. The lowest BCUT2D eigenvalue weighted by Gasteiger charge is -2.46. The lowest BCUT2D eigenvalue weighted by Crippen LogP contribution is -2.53. The topological polar surface area (TPSA) is 141 Å². The van der Waals surface area contributed by atoms with E-state index in [4.69, 9.17) is 25.8 Å². The fraction of sp³-hybridized carbons (Fsp3) is 0.610. The third-order valence-corrected chi connectivity index (χ3v) is 14.4. The molecule has 2 amide bonds. The van der Waals surface area contributed by atoms with Gasteiger partial charge in [0.1, 0.15) is 5.75 Å². The van der Waals surface area contributed by atoms with Crippen LogP contribution in [0.4, 0.5) is 5.69 Å². The van der Waals surface area contributed by atoms with Crippen LogP contribution in [0.15, 0.2) is 48.6 Å². The van der Waals surface area contributed by atoms with Crippen molar-refractivity contribution in [1.29, 1.82) is 0 Å². The van der Waals surface area contributed by atoms with Crippen LogP contribution in [0.2, 0.25) is 5.02 Å². The number of carbonyl (C=O) groups is 2. The third kappa shape index (κ3) is 8.34. The van der Waals surface area contributed by atoms with Gasteiger partial charge in [-0.3, -0.25) is 14.5 Å². The van der Waals surface area contributed by atoms with Gasteiger partial charge in [-0.15, -0.1) is 0 Å². The van der Waals surface area contributed by atoms with E-state index in [1.54, 1.807) is 32.4 Å². The van der Waals surface area contributed by atoms with Gasteiger partial charge in [0.05, 0.1) is 37.5 Å². The predicted molar refractivity (Wildman–Crippen MR) is 214 cm³/mol. The number of hydrogen-bond donors (Lipinski definition) is 2. The monoisotopic (exact) mass is 813 g/mol. The highest BCUT2D eigenvalue weighted by Gasteiger charge is 2.47. The fourth-order valence-corrected chi connectivity index (χ4v) is 9.77. The number of amides is 2. The first-order chi connectivity index (χ1) is 26.7. The number of fused-ring (bicyclic) bond motifs is 4. The molecular formula is C41H56ClN5O8S. The summed E-state index contributed by atoms with van der Waals surface area (Å²) >= 11 is 6.49. The molecule has 2 aliphatic carbocycles. The molecular weight excluding hydrogens is 758 g/mol. The molecule has 13 nitrogen and oxygen atoms in total. The molecule has 7 rings (SSSR count). The van der Waals surface area contributed by atoms with Gasteiger partial charge in [0.2, 0.25) is 5.91 Å². The molecule has 1 spiro atoms. The van der Waals surface area contributed by atoms with Crippen molar-refractivity contribution in [2.75, 3.05) is 85.6 Å². The number of halogens is 1. The Morgan fingerprint density at radius 3 is 2.68 bits per heavy atom. The van der Waals surface area contributed by atoms with E-state index < -0.39 is 34.0 Å². The van der Waals surface area contributed by atoms with E-state index in [9.17, 15) is 23.1 Å². The summed E-state index contributed by atoms with van der Waals surface area (Å²) in [5, 5.41) is 13.0. The molecule has 2 N–H and O–H groups in total. The van der Waals surface area contributed by atoms with Crippen molar-refractivity contribution in [2.24, 2.45) is 11.8 Å². The first kappa shape index (κ1) is 40.9. The standard InChI is InChI=1S/C41H56ClN5O8S/c1-44(2)56(51,52)43-39(49)41(50)22-38(48)45(3)17-6-5-9-36(54-19-18-46-24-32(25-46)53-4)33-13-10-29(33)23-47-26-40(27-55-37-15-11-30(41)21-35(37)47)16-7-8-28-20-31(42)12-14-34(28)40/h5,9,11-12,14-15,20-21,29,32-33,36,50H,6-8,10,13,16-19,22-27H2,1-4H3,(H,43,49)/b9-5-/t29-,33+,36-,40-,41+/m0/s1. The molecule has 2 fully saturated rings. The van der Waals surface area contributed by atoms with E-state index in [2.05, 4.69) is 34.1 Å². The van der Waals surface area contributed by atoms with E-state index in [0.29, 0.717) is 55.7 Å². The van der Waals surface area contributed by atoms with Crippen molar-refractivity contribution in [1.82, 2.24) is 18.8 Å². The predicted octanol–water partition coefficient (Wildman–Crippen LogP) is 3.47. The van der Waals surface area contributed by atoms with Crippen molar-refractivity contribution < 1.29 is 37.3 Å². The molecule has 0 radical (unpaired) electrons. The van der Waals surface area contributed by atoms with Gasteiger partial charge in [0.25, 0.3) is 5.91 Å². The third-order valence-electron chi connectivity index (χ3n) is 12.7. The number of likely N-dealkylation sites (tertiary alicyclic amines) is 1. The molecule has 0 unspecified atom stereocenters. The van der Waals surface area contributed by atoms with Crippen LogP contribution >= 0.6 is 11.6 Å². The molecule has 2 aromatic carbocycles. The van der Waals surface area contributed by atoms with Crippen LogP contribution in [0.25, 0.3) is 0 Å². The number of methoxy groups -OCH3 is 1. The lowest BCUT2D eigenvalue weighted by atomic mass is 9.68. The van der Waals surface area contributed by atoms with E-state index in [1.165, 1.54) is 30.1 Å². The van der Waals surface area contributed by atoms with Gasteiger partial charge in [-0.2, -0.15) is 12.7 Å². The molecule has 2 bridgehead atoms. The Balaban J connectivity index is 1.27. The minimum Gasteiger partial charge on any atom is -0.490 e. The number of hydrogen-bond acceptors (Lipinski definition) is 10. The number of benzene rings is 2. The SMILES string of the molecule is COC1CN(CCO[C@H]2/C=C\CCN(C)C(=O)C[C@](O)(C(=O)NS(=O)(=O)N(C)C)c3ccc4c(c3)N(C[C@@H]3CC[C@H]32)C[C@@]2(CCCc3cc(Cl)ccc32)CO4)C1. The first-order valence-corrected chi connectivity index (χ1v) is 21.6. The summed E-state index contributed by atoms with van der Waals surface area (Å²) in [5.41, 5.74) is 0.323. The second kappa shape index (κ2) is 16.6. The second-order valence-electron chi connectivity index (χ2n) is 16.5. The summed E-state index contributed by atoms with van der Waals surface area (Å²) in [4.78, 5) is 33.9. The zero-order valence-electron chi connectivity index (χ0n) is 32.9. The molecule has 56 heavy (non-hydrogen) atoms. The average molecular weight is 814 g/mol. The molecule has 1 saturated heterocycles. The molecule has 306 valence electrons. The van der Waals surface area contributed by atoms with Gasteiger partial charge in [0, 0.05) is 78.0 Å². The number of anilines is 1. The van der Waals surface area contributed by atoms with E-state index >= 15 is 0 Å². The van der Waals surface area contributed by atoms with E-state index in [0.717, 1.165) is 56.0 Å². The van der Waals surface area contributed by atoms with Gasteiger partial charge in [-0.25, -0.2) is 4.72 Å². The maximum absolute atomic E-state index is 14.0. The van der Waals surface area contributed by atoms with Crippen LogP contribution in [-0.2, 0) is 46.7 Å².